The van der Waals surface area contributed by atoms with Gasteiger partial charge in [-0.25, -0.2) is 4.79 Å². The Hall–Kier alpha value is -4.03. The molecule has 1 aromatic heterocycles. The van der Waals surface area contributed by atoms with E-state index in [9.17, 15) is 4.79 Å². The van der Waals surface area contributed by atoms with E-state index in [1.165, 1.54) is 10.9 Å². The summed E-state index contributed by atoms with van der Waals surface area (Å²) in [6, 6.07) is 17.0. The van der Waals surface area contributed by atoms with Gasteiger partial charge in [0, 0.05) is 17.2 Å². The maximum absolute atomic E-state index is 13.1. The number of nitrogens with zero attached hydrogens (tertiary/aromatic N) is 1. The lowest BCUT2D eigenvalue weighted by atomic mass is 9.93. The standard InChI is InChI=1S/C28H19ClNO5/c1-32-22-9-8-16-17-6-7-19-24-15(12-23-26(19)34-14-33-23)10-11-30(25(17)24)13-20(16)27(22)35-28(31)18-4-2-3-5-21(18)29/h2-9,12-13H,10-11,14H2,1H3/q+1. The molecule has 172 valence electrons. The van der Waals surface area contributed by atoms with Gasteiger partial charge in [0.25, 0.3) is 0 Å². The van der Waals surface area contributed by atoms with E-state index in [0.717, 1.165) is 51.5 Å². The fourth-order valence-electron chi connectivity index (χ4n) is 5.28. The highest BCUT2D eigenvalue weighted by atomic mass is 35.5. The molecule has 0 N–H and O–H groups in total. The molecule has 0 saturated heterocycles. The van der Waals surface area contributed by atoms with Gasteiger partial charge < -0.3 is 18.9 Å². The summed E-state index contributed by atoms with van der Waals surface area (Å²) in [7, 11) is 1.56. The number of aryl methyl sites for hydroxylation is 2. The number of pyridine rings is 1. The third-order valence-corrected chi connectivity index (χ3v) is 7.17. The number of methoxy groups -OCH3 is 1. The van der Waals surface area contributed by atoms with Crippen molar-refractivity contribution in [3.63, 3.8) is 0 Å². The van der Waals surface area contributed by atoms with Crippen molar-refractivity contribution >= 4 is 50.0 Å². The fraction of sp³-hybridized carbons (Fsp3) is 0.143. The Kier molecular flexibility index (Phi) is 4.35. The van der Waals surface area contributed by atoms with Crippen LogP contribution in [0.3, 0.4) is 0 Å². The number of benzene rings is 4. The summed E-state index contributed by atoms with van der Waals surface area (Å²) in [5.74, 6) is 1.92. The first kappa shape index (κ1) is 20.4. The molecule has 7 heteroatoms. The second-order valence-electron chi connectivity index (χ2n) is 8.65. The van der Waals surface area contributed by atoms with Crippen molar-refractivity contribution in [1.82, 2.24) is 0 Å². The SMILES string of the molecule is COc1ccc2c(c[n+]3c4c2ccc2c5c(cc(c24)CC3)OCO5)c1OC(=O)c1ccccc1Cl. The summed E-state index contributed by atoms with van der Waals surface area (Å²) in [5, 5.41) is 5.38. The van der Waals surface area contributed by atoms with Crippen LogP contribution in [-0.2, 0) is 13.0 Å². The van der Waals surface area contributed by atoms with Crippen LogP contribution in [0.5, 0.6) is 23.0 Å². The molecule has 0 aliphatic carbocycles. The number of halogens is 1. The Morgan fingerprint density at radius 3 is 2.69 bits per heavy atom. The molecule has 0 radical (unpaired) electrons. The molecule has 0 unspecified atom stereocenters. The van der Waals surface area contributed by atoms with E-state index >= 15 is 0 Å². The highest BCUT2D eigenvalue weighted by Crippen LogP contribution is 2.46. The monoisotopic (exact) mass is 484 g/mol. The molecule has 4 aromatic carbocycles. The van der Waals surface area contributed by atoms with Crippen LogP contribution in [0, 0.1) is 0 Å². The average Bonchev–Trinajstić information content (AvgIpc) is 3.36. The smallest absolute Gasteiger partial charge is 0.345 e. The molecule has 0 fully saturated rings. The number of hydrogen-bond donors (Lipinski definition) is 0. The lowest BCUT2D eigenvalue weighted by Crippen LogP contribution is -2.38. The zero-order chi connectivity index (χ0) is 23.7. The molecule has 0 atom stereocenters. The Labute approximate surface area is 205 Å². The maximum Gasteiger partial charge on any atom is 0.345 e. The second kappa shape index (κ2) is 7.48. The van der Waals surface area contributed by atoms with Gasteiger partial charge in [0.2, 0.25) is 12.3 Å². The molecule has 5 aromatic rings. The quantitative estimate of drug-likeness (QED) is 0.144. The summed E-state index contributed by atoms with van der Waals surface area (Å²) in [6.45, 7) is 1.02. The number of aromatic nitrogens is 1. The first-order valence-electron chi connectivity index (χ1n) is 11.3. The fourth-order valence-corrected chi connectivity index (χ4v) is 5.49. The zero-order valence-electron chi connectivity index (χ0n) is 18.8. The molecule has 35 heavy (non-hydrogen) atoms. The van der Waals surface area contributed by atoms with Crippen molar-refractivity contribution in [2.24, 2.45) is 0 Å². The Balaban J connectivity index is 1.50. The number of ether oxygens (including phenoxy) is 4. The predicted molar refractivity (Wildman–Crippen MR) is 132 cm³/mol. The minimum absolute atomic E-state index is 0.240. The van der Waals surface area contributed by atoms with Gasteiger partial charge in [-0.05, 0) is 48.0 Å². The van der Waals surface area contributed by atoms with E-state index in [4.69, 9.17) is 30.5 Å². The van der Waals surface area contributed by atoms with Gasteiger partial charge in [-0.1, -0.05) is 23.7 Å². The van der Waals surface area contributed by atoms with Crippen molar-refractivity contribution in [3.05, 3.63) is 76.9 Å². The summed E-state index contributed by atoms with van der Waals surface area (Å²) < 4.78 is 25.2. The third kappa shape index (κ3) is 2.90. The van der Waals surface area contributed by atoms with E-state index in [1.54, 1.807) is 31.4 Å². The molecule has 3 heterocycles. The summed E-state index contributed by atoms with van der Waals surface area (Å²) in [4.78, 5) is 13.1. The highest BCUT2D eigenvalue weighted by Gasteiger charge is 2.30. The summed E-state index contributed by atoms with van der Waals surface area (Å²) >= 11 is 6.25. The lowest BCUT2D eigenvalue weighted by Gasteiger charge is -2.18. The maximum atomic E-state index is 13.1. The van der Waals surface area contributed by atoms with E-state index in [2.05, 4.69) is 22.8 Å². The number of carbonyl (C=O) groups excluding carboxylic acids is 1. The first-order valence-corrected chi connectivity index (χ1v) is 11.7. The van der Waals surface area contributed by atoms with Crippen LogP contribution in [0.15, 0.2) is 60.8 Å². The predicted octanol–water partition coefficient (Wildman–Crippen LogP) is 5.60. The summed E-state index contributed by atoms with van der Waals surface area (Å²) in [6.07, 6.45) is 2.90. The molecular formula is C28H19ClNO5+. The van der Waals surface area contributed by atoms with Gasteiger partial charge >= 0.3 is 5.97 Å². The number of carbonyl (C=O) groups is 1. The van der Waals surface area contributed by atoms with Gasteiger partial charge in [0.05, 0.1) is 33.9 Å². The normalized spacial score (nSPS) is 13.7. The van der Waals surface area contributed by atoms with Crippen LogP contribution in [0.2, 0.25) is 5.02 Å². The summed E-state index contributed by atoms with van der Waals surface area (Å²) in [5.41, 5.74) is 2.67. The Morgan fingerprint density at radius 2 is 1.83 bits per heavy atom. The van der Waals surface area contributed by atoms with Gasteiger partial charge in [0.15, 0.2) is 35.7 Å². The van der Waals surface area contributed by atoms with Crippen molar-refractivity contribution < 1.29 is 28.3 Å². The Bertz CT molecular complexity index is 1730. The topological polar surface area (TPSA) is 57.9 Å². The molecule has 0 spiro atoms. The van der Waals surface area contributed by atoms with E-state index < -0.39 is 5.97 Å². The Morgan fingerprint density at radius 1 is 1.00 bits per heavy atom. The lowest BCUT2D eigenvalue weighted by molar-refractivity contribution is -0.670. The largest absolute Gasteiger partial charge is 0.493 e. The van der Waals surface area contributed by atoms with Crippen LogP contribution >= 0.6 is 11.6 Å². The van der Waals surface area contributed by atoms with E-state index in [0.29, 0.717) is 22.1 Å². The van der Waals surface area contributed by atoms with Crippen molar-refractivity contribution in [1.29, 1.82) is 0 Å². The van der Waals surface area contributed by atoms with Crippen LogP contribution in [0.25, 0.3) is 32.4 Å². The molecule has 7 rings (SSSR count). The average molecular weight is 485 g/mol. The van der Waals surface area contributed by atoms with Crippen LogP contribution in [0.4, 0.5) is 0 Å². The van der Waals surface area contributed by atoms with E-state index in [1.807, 2.05) is 18.3 Å². The van der Waals surface area contributed by atoms with Crippen molar-refractivity contribution in [2.75, 3.05) is 13.9 Å². The first-order chi connectivity index (χ1) is 17.1. The van der Waals surface area contributed by atoms with Gasteiger partial charge in [0.1, 0.15) is 0 Å². The van der Waals surface area contributed by atoms with Gasteiger partial charge in [-0.2, -0.15) is 4.57 Å². The molecule has 0 bridgehead atoms. The third-order valence-electron chi connectivity index (χ3n) is 6.84. The minimum atomic E-state index is -0.534. The second-order valence-corrected chi connectivity index (χ2v) is 9.06. The van der Waals surface area contributed by atoms with E-state index in [-0.39, 0.29) is 6.79 Å². The molecular weight excluding hydrogens is 466 g/mol. The zero-order valence-corrected chi connectivity index (χ0v) is 19.5. The van der Waals surface area contributed by atoms with Crippen LogP contribution in [0.1, 0.15) is 15.9 Å². The molecule has 2 aliphatic rings. The molecule has 6 nitrogen and oxygen atoms in total. The molecule has 2 aliphatic heterocycles. The number of esters is 1. The van der Waals surface area contributed by atoms with Gasteiger partial charge in [-0.3, -0.25) is 0 Å². The molecule has 0 saturated carbocycles. The number of rotatable bonds is 3. The molecule has 0 amide bonds. The van der Waals surface area contributed by atoms with Gasteiger partial charge in [-0.15, -0.1) is 0 Å². The van der Waals surface area contributed by atoms with Crippen LogP contribution < -0.4 is 23.5 Å². The van der Waals surface area contributed by atoms with Crippen molar-refractivity contribution in [2.45, 2.75) is 13.0 Å². The highest BCUT2D eigenvalue weighted by molar-refractivity contribution is 6.33. The number of fused-ring (bicyclic) bond motifs is 4. The number of hydrogen-bond acceptors (Lipinski definition) is 5. The minimum Gasteiger partial charge on any atom is -0.493 e. The van der Waals surface area contributed by atoms with Crippen molar-refractivity contribution in [3.8, 4) is 23.0 Å². The van der Waals surface area contributed by atoms with Crippen LogP contribution in [-0.4, -0.2) is 19.9 Å².